The molecule has 8 heteroatoms. The molecule has 2 aromatic heterocycles. The van der Waals surface area contributed by atoms with E-state index in [2.05, 4.69) is 36.5 Å². The number of hydrogen-bond acceptors (Lipinski definition) is 6. The van der Waals surface area contributed by atoms with Crippen LogP contribution in [0.25, 0.3) is 11.0 Å². The van der Waals surface area contributed by atoms with Gasteiger partial charge < -0.3 is 19.9 Å². The van der Waals surface area contributed by atoms with Crippen molar-refractivity contribution >= 4 is 44.3 Å². The van der Waals surface area contributed by atoms with Crippen molar-refractivity contribution in [3.05, 3.63) is 51.4 Å². The number of nitrogens with zero attached hydrogens (tertiary/aromatic N) is 3. The highest BCUT2D eigenvalue weighted by Gasteiger charge is 2.14. The molecule has 0 amide bonds. The highest BCUT2D eigenvalue weighted by atomic mass is 79.9. The van der Waals surface area contributed by atoms with Gasteiger partial charge in [0.15, 0.2) is 5.82 Å². The summed E-state index contributed by atoms with van der Waals surface area (Å²) >= 11 is 3.43. The number of benzene rings is 1. The third-order valence-corrected chi connectivity index (χ3v) is 5.13. The standard InChI is InChI=1S/C19H20BrN5O2/c1-25-16-10-12(20)2-4-15(16)24-18(19(25)26)23-14-3-5-17(21-11-14)22-13-6-8-27-9-7-13/h2-5,10-11,13H,6-9H2,1H3,(H,21,22)(H,23,24). The van der Waals surface area contributed by atoms with Gasteiger partial charge in [-0.2, -0.15) is 0 Å². The summed E-state index contributed by atoms with van der Waals surface area (Å²) in [5.74, 6) is 1.09. The smallest absolute Gasteiger partial charge is 0.293 e. The summed E-state index contributed by atoms with van der Waals surface area (Å²) < 4.78 is 7.86. The van der Waals surface area contributed by atoms with Crippen LogP contribution >= 0.6 is 15.9 Å². The molecule has 140 valence electrons. The maximum absolute atomic E-state index is 12.6. The van der Waals surface area contributed by atoms with E-state index in [0.717, 1.165) is 47.4 Å². The number of nitrogens with one attached hydrogen (secondary N) is 2. The number of rotatable bonds is 4. The van der Waals surface area contributed by atoms with E-state index in [1.807, 2.05) is 30.3 Å². The van der Waals surface area contributed by atoms with E-state index in [9.17, 15) is 4.79 Å². The summed E-state index contributed by atoms with van der Waals surface area (Å²) in [5, 5.41) is 6.50. The highest BCUT2D eigenvalue weighted by molar-refractivity contribution is 9.10. The quantitative estimate of drug-likeness (QED) is 0.660. The van der Waals surface area contributed by atoms with Crippen molar-refractivity contribution in [2.75, 3.05) is 23.8 Å². The predicted molar refractivity (Wildman–Crippen MR) is 110 cm³/mol. The average Bonchev–Trinajstić information content (AvgIpc) is 2.69. The van der Waals surface area contributed by atoms with Crippen molar-refractivity contribution in [3.63, 3.8) is 0 Å². The van der Waals surface area contributed by atoms with Crippen LogP contribution in [0.1, 0.15) is 12.8 Å². The summed E-state index contributed by atoms with van der Waals surface area (Å²) in [6, 6.07) is 9.85. The number of ether oxygens (including phenoxy) is 1. The molecule has 3 heterocycles. The van der Waals surface area contributed by atoms with Crippen LogP contribution in [0.5, 0.6) is 0 Å². The Balaban J connectivity index is 1.54. The molecule has 1 aromatic carbocycles. The lowest BCUT2D eigenvalue weighted by atomic mass is 10.1. The summed E-state index contributed by atoms with van der Waals surface area (Å²) in [7, 11) is 1.74. The Hall–Kier alpha value is -2.45. The summed E-state index contributed by atoms with van der Waals surface area (Å²) in [6.07, 6.45) is 3.66. The molecule has 0 aliphatic carbocycles. The lowest BCUT2D eigenvalue weighted by Gasteiger charge is -2.23. The Morgan fingerprint density at radius 1 is 1.22 bits per heavy atom. The summed E-state index contributed by atoms with van der Waals surface area (Å²) in [5.41, 5.74) is 2.04. The molecular formula is C19H20BrN5O2. The molecule has 0 unspecified atom stereocenters. The normalized spacial score (nSPS) is 15.0. The number of fused-ring (bicyclic) bond motifs is 1. The molecule has 0 radical (unpaired) electrons. The van der Waals surface area contributed by atoms with E-state index in [1.165, 1.54) is 0 Å². The van der Waals surface area contributed by atoms with Crippen LogP contribution in [-0.4, -0.2) is 33.8 Å². The van der Waals surface area contributed by atoms with Crippen LogP contribution in [0.15, 0.2) is 45.8 Å². The topological polar surface area (TPSA) is 81.1 Å². The zero-order valence-corrected chi connectivity index (χ0v) is 16.5. The van der Waals surface area contributed by atoms with Crippen molar-refractivity contribution in [3.8, 4) is 0 Å². The fourth-order valence-electron chi connectivity index (χ4n) is 3.12. The van der Waals surface area contributed by atoms with E-state index < -0.39 is 0 Å². The van der Waals surface area contributed by atoms with E-state index in [1.54, 1.807) is 17.8 Å². The molecular weight excluding hydrogens is 410 g/mol. The average molecular weight is 430 g/mol. The Kier molecular flexibility index (Phi) is 5.09. The maximum atomic E-state index is 12.6. The van der Waals surface area contributed by atoms with Gasteiger partial charge >= 0.3 is 0 Å². The first-order valence-corrected chi connectivity index (χ1v) is 9.63. The van der Waals surface area contributed by atoms with Gasteiger partial charge in [0.05, 0.1) is 22.9 Å². The van der Waals surface area contributed by atoms with Crippen molar-refractivity contribution < 1.29 is 4.74 Å². The van der Waals surface area contributed by atoms with Gasteiger partial charge in [0.1, 0.15) is 5.82 Å². The summed E-state index contributed by atoms with van der Waals surface area (Å²) in [4.78, 5) is 21.5. The zero-order chi connectivity index (χ0) is 18.8. The number of pyridine rings is 1. The fraction of sp³-hybridized carbons (Fsp3) is 0.316. The second kappa shape index (κ2) is 7.66. The van der Waals surface area contributed by atoms with E-state index in [-0.39, 0.29) is 11.4 Å². The number of hydrogen-bond donors (Lipinski definition) is 2. The minimum absolute atomic E-state index is 0.190. The maximum Gasteiger partial charge on any atom is 0.293 e. The molecule has 0 saturated carbocycles. The van der Waals surface area contributed by atoms with Crippen LogP contribution in [0, 0.1) is 0 Å². The van der Waals surface area contributed by atoms with Gasteiger partial charge in [-0.1, -0.05) is 15.9 Å². The molecule has 7 nitrogen and oxygen atoms in total. The van der Waals surface area contributed by atoms with Crippen LogP contribution in [0.3, 0.4) is 0 Å². The Morgan fingerprint density at radius 2 is 2.04 bits per heavy atom. The second-order valence-electron chi connectivity index (χ2n) is 6.55. The molecule has 4 rings (SSSR count). The van der Waals surface area contributed by atoms with Gasteiger partial charge in [-0.25, -0.2) is 9.97 Å². The number of anilines is 3. The first-order valence-electron chi connectivity index (χ1n) is 8.84. The van der Waals surface area contributed by atoms with Crippen molar-refractivity contribution in [2.45, 2.75) is 18.9 Å². The van der Waals surface area contributed by atoms with Crippen molar-refractivity contribution in [1.82, 2.24) is 14.5 Å². The Labute approximate surface area is 164 Å². The largest absolute Gasteiger partial charge is 0.381 e. The highest BCUT2D eigenvalue weighted by Crippen LogP contribution is 2.20. The van der Waals surface area contributed by atoms with Gasteiger partial charge in [-0.3, -0.25) is 4.79 Å². The molecule has 0 bridgehead atoms. The summed E-state index contributed by atoms with van der Waals surface area (Å²) in [6.45, 7) is 1.57. The van der Waals surface area contributed by atoms with Crippen molar-refractivity contribution in [1.29, 1.82) is 0 Å². The van der Waals surface area contributed by atoms with Gasteiger partial charge in [0.2, 0.25) is 0 Å². The van der Waals surface area contributed by atoms with Crippen LogP contribution in [0.4, 0.5) is 17.3 Å². The van der Waals surface area contributed by atoms with Crippen LogP contribution < -0.4 is 16.2 Å². The zero-order valence-electron chi connectivity index (χ0n) is 14.9. The Morgan fingerprint density at radius 3 is 2.78 bits per heavy atom. The molecule has 2 N–H and O–H groups in total. The Bertz CT molecular complexity index is 1010. The predicted octanol–water partition coefficient (Wildman–Crippen LogP) is 3.43. The SMILES string of the molecule is Cn1c(=O)c(Nc2ccc(NC3CCOCC3)nc2)nc2ccc(Br)cc21. The minimum atomic E-state index is -0.190. The molecule has 1 fully saturated rings. The van der Waals surface area contributed by atoms with Gasteiger partial charge in [-0.05, 0) is 43.2 Å². The van der Waals surface area contributed by atoms with Crippen LogP contribution in [-0.2, 0) is 11.8 Å². The molecule has 0 spiro atoms. The molecule has 1 aliphatic rings. The molecule has 0 atom stereocenters. The van der Waals surface area contributed by atoms with Gasteiger partial charge in [0.25, 0.3) is 5.56 Å². The molecule has 3 aromatic rings. The lowest BCUT2D eigenvalue weighted by Crippen LogP contribution is -2.28. The van der Waals surface area contributed by atoms with Gasteiger partial charge in [0, 0.05) is 30.8 Å². The number of aromatic nitrogens is 3. The minimum Gasteiger partial charge on any atom is -0.381 e. The first-order chi connectivity index (χ1) is 13.1. The van der Waals surface area contributed by atoms with E-state index in [4.69, 9.17) is 4.74 Å². The van der Waals surface area contributed by atoms with E-state index >= 15 is 0 Å². The third kappa shape index (κ3) is 3.96. The lowest BCUT2D eigenvalue weighted by molar-refractivity contribution is 0.0904. The van der Waals surface area contributed by atoms with Gasteiger partial charge in [-0.15, -0.1) is 0 Å². The molecule has 1 aliphatic heterocycles. The number of halogens is 1. The van der Waals surface area contributed by atoms with Crippen LogP contribution in [0.2, 0.25) is 0 Å². The fourth-order valence-corrected chi connectivity index (χ4v) is 3.47. The number of aryl methyl sites for hydroxylation is 1. The monoisotopic (exact) mass is 429 g/mol. The van der Waals surface area contributed by atoms with E-state index in [0.29, 0.717) is 11.7 Å². The molecule has 1 saturated heterocycles. The third-order valence-electron chi connectivity index (χ3n) is 4.64. The molecule has 27 heavy (non-hydrogen) atoms. The van der Waals surface area contributed by atoms with Crippen molar-refractivity contribution in [2.24, 2.45) is 7.05 Å². The second-order valence-corrected chi connectivity index (χ2v) is 7.46. The first kappa shape index (κ1) is 17.9.